The van der Waals surface area contributed by atoms with E-state index in [1.54, 1.807) is 25.1 Å². The number of carboxylic acid groups (broad SMARTS) is 1. The van der Waals surface area contributed by atoms with E-state index in [0.29, 0.717) is 23.6 Å². The highest BCUT2D eigenvalue weighted by Gasteiger charge is 2.34. The van der Waals surface area contributed by atoms with Crippen LogP contribution in [0.25, 0.3) is 0 Å². The minimum absolute atomic E-state index is 0.228. The molecule has 1 N–H and O–H groups in total. The van der Waals surface area contributed by atoms with E-state index in [1.807, 2.05) is 0 Å². The van der Waals surface area contributed by atoms with Gasteiger partial charge in [0.05, 0.1) is 0 Å². The van der Waals surface area contributed by atoms with Crippen LogP contribution in [0.1, 0.15) is 28.8 Å². The van der Waals surface area contributed by atoms with Crippen LogP contribution >= 0.6 is 11.6 Å². The van der Waals surface area contributed by atoms with Gasteiger partial charge in [-0.25, -0.2) is 4.79 Å². The number of hydrogen-bond donors (Lipinski definition) is 1. The summed E-state index contributed by atoms with van der Waals surface area (Å²) in [4.78, 5) is 24.8. The molecule has 0 aromatic heterocycles. The zero-order valence-electron chi connectivity index (χ0n) is 10.0. The summed E-state index contributed by atoms with van der Waals surface area (Å²) in [6.45, 7) is 2.29. The molecule has 4 nitrogen and oxygen atoms in total. The van der Waals surface area contributed by atoms with E-state index in [9.17, 15) is 9.59 Å². The molecule has 1 heterocycles. The molecule has 5 heteroatoms. The van der Waals surface area contributed by atoms with Crippen molar-refractivity contribution < 1.29 is 14.7 Å². The fourth-order valence-electron chi connectivity index (χ4n) is 2.29. The zero-order valence-corrected chi connectivity index (χ0v) is 10.8. The van der Waals surface area contributed by atoms with E-state index in [-0.39, 0.29) is 5.91 Å². The van der Waals surface area contributed by atoms with Crippen LogP contribution in [0, 0.1) is 6.92 Å². The number of carbonyl (C=O) groups is 2. The summed E-state index contributed by atoms with van der Waals surface area (Å²) in [5, 5.41) is 9.65. The first-order chi connectivity index (χ1) is 8.50. The van der Waals surface area contributed by atoms with Crippen LogP contribution in [-0.2, 0) is 4.79 Å². The number of nitrogens with zero attached hydrogens (tertiary/aromatic N) is 1. The highest BCUT2D eigenvalue weighted by atomic mass is 35.5. The fourth-order valence-corrected chi connectivity index (χ4v) is 2.51. The van der Waals surface area contributed by atoms with Gasteiger partial charge in [-0.05, 0) is 43.5 Å². The third kappa shape index (κ3) is 2.34. The SMILES string of the molecule is Cc1cc(Cl)ccc1C(=O)N1CCC[C@H]1C(=O)O. The molecule has 0 spiro atoms. The summed E-state index contributed by atoms with van der Waals surface area (Å²) in [7, 11) is 0. The Morgan fingerprint density at radius 2 is 2.17 bits per heavy atom. The molecule has 1 amide bonds. The lowest BCUT2D eigenvalue weighted by Crippen LogP contribution is -2.40. The average Bonchev–Trinajstić information content (AvgIpc) is 2.77. The van der Waals surface area contributed by atoms with Gasteiger partial charge >= 0.3 is 5.97 Å². The summed E-state index contributed by atoms with van der Waals surface area (Å²) in [6, 6.07) is 4.30. The summed E-state index contributed by atoms with van der Waals surface area (Å²) in [5.74, 6) is -1.17. The van der Waals surface area contributed by atoms with Crippen molar-refractivity contribution in [3.8, 4) is 0 Å². The Kier molecular flexibility index (Phi) is 3.57. The number of hydrogen-bond acceptors (Lipinski definition) is 2. The maximum absolute atomic E-state index is 12.3. The lowest BCUT2D eigenvalue weighted by molar-refractivity contribution is -0.141. The van der Waals surface area contributed by atoms with Gasteiger partial charge in [-0.2, -0.15) is 0 Å². The minimum atomic E-state index is -0.938. The molecule has 0 aliphatic carbocycles. The van der Waals surface area contributed by atoms with Crippen LogP contribution in [0.5, 0.6) is 0 Å². The molecule has 0 unspecified atom stereocenters. The second kappa shape index (κ2) is 4.98. The quantitative estimate of drug-likeness (QED) is 0.895. The largest absolute Gasteiger partial charge is 0.480 e. The summed E-state index contributed by atoms with van der Waals surface area (Å²) >= 11 is 5.84. The predicted octanol–water partition coefficient (Wildman–Crippen LogP) is 2.34. The van der Waals surface area contributed by atoms with Gasteiger partial charge in [-0.15, -0.1) is 0 Å². The van der Waals surface area contributed by atoms with Crippen molar-refractivity contribution in [3.63, 3.8) is 0 Å². The number of aliphatic carboxylic acids is 1. The minimum Gasteiger partial charge on any atom is -0.480 e. The molecule has 1 aliphatic rings. The molecule has 1 fully saturated rings. The number of aryl methyl sites for hydroxylation is 1. The Morgan fingerprint density at radius 1 is 1.44 bits per heavy atom. The molecule has 1 aliphatic heterocycles. The van der Waals surface area contributed by atoms with Crippen molar-refractivity contribution in [1.29, 1.82) is 0 Å². The van der Waals surface area contributed by atoms with Crippen LogP contribution < -0.4 is 0 Å². The molecule has 1 saturated heterocycles. The van der Waals surface area contributed by atoms with Crippen LogP contribution in [-0.4, -0.2) is 34.5 Å². The van der Waals surface area contributed by atoms with Crippen molar-refractivity contribution in [2.75, 3.05) is 6.54 Å². The Labute approximate surface area is 110 Å². The second-order valence-electron chi connectivity index (χ2n) is 4.45. The number of rotatable bonds is 2. The van der Waals surface area contributed by atoms with Gasteiger partial charge in [0, 0.05) is 17.1 Å². The van der Waals surface area contributed by atoms with Crippen molar-refractivity contribution in [2.24, 2.45) is 0 Å². The lowest BCUT2D eigenvalue weighted by Gasteiger charge is -2.22. The van der Waals surface area contributed by atoms with Crippen LogP contribution in [0.4, 0.5) is 0 Å². The first-order valence-corrected chi connectivity index (χ1v) is 6.18. The molecule has 0 saturated carbocycles. The molecule has 2 rings (SSSR count). The number of carboxylic acids is 1. The molecule has 0 bridgehead atoms. The molecule has 1 aromatic rings. The van der Waals surface area contributed by atoms with Gasteiger partial charge in [-0.3, -0.25) is 4.79 Å². The topological polar surface area (TPSA) is 57.6 Å². The Balaban J connectivity index is 2.28. The monoisotopic (exact) mass is 267 g/mol. The van der Waals surface area contributed by atoms with Crippen LogP contribution in [0.3, 0.4) is 0 Å². The van der Waals surface area contributed by atoms with Gasteiger partial charge in [-0.1, -0.05) is 11.6 Å². The number of benzene rings is 1. The van der Waals surface area contributed by atoms with Crippen molar-refractivity contribution in [2.45, 2.75) is 25.8 Å². The molecular weight excluding hydrogens is 254 g/mol. The predicted molar refractivity (Wildman–Crippen MR) is 67.9 cm³/mol. The first kappa shape index (κ1) is 12.9. The van der Waals surface area contributed by atoms with Gasteiger partial charge in [0.1, 0.15) is 6.04 Å². The molecular formula is C13H14ClNO3. The number of carbonyl (C=O) groups excluding carboxylic acids is 1. The molecule has 1 aromatic carbocycles. The molecule has 96 valence electrons. The van der Waals surface area contributed by atoms with E-state index in [0.717, 1.165) is 12.0 Å². The Morgan fingerprint density at radius 3 is 2.78 bits per heavy atom. The van der Waals surface area contributed by atoms with Crippen molar-refractivity contribution in [3.05, 3.63) is 34.3 Å². The van der Waals surface area contributed by atoms with E-state index in [4.69, 9.17) is 16.7 Å². The number of likely N-dealkylation sites (tertiary alicyclic amines) is 1. The average molecular weight is 268 g/mol. The fraction of sp³-hybridized carbons (Fsp3) is 0.385. The van der Waals surface area contributed by atoms with Crippen LogP contribution in [0.15, 0.2) is 18.2 Å². The van der Waals surface area contributed by atoms with E-state index >= 15 is 0 Å². The Bertz CT molecular complexity index is 501. The standard InChI is InChI=1S/C13H14ClNO3/c1-8-7-9(14)4-5-10(8)12(16)15-6-2-3-11(15)13(17)18/h4-5,7,11H,2-3,6H2,1H3,(H,17,18)/t11-/m0/s1. The summed E-state index contributed by atoms with van der Waals surface area (Å²) in [6.07, 6.45) is 1.25. The lowest BCUT2D eigenvalue weighted by atomic mass is 10.1. The molecule has 1 atom stereocenters. The molecule has 0 radical (unpaired) electrons. The third-order valence-electron chi connectivity index (χ3n) is 3.22. The zero-order chi connectivity index (χ0) is 13.3. The van der Waals surface area contributed by atoms with Gasteiger partial charge in [0.15, 0.2) is 0 Å². The second-order valence-corrected chi connectivity index (χ2v) is 4.89. The number of halogens is 1. The van der Waals surface area contributed by atoms with Gasteiger partial charge in [0.2, 0.25) is 0 Å². The van der Waals surface area contributed by atoms with Gasteiger partial charge in [0.25, 0.3) is 5.91 Å². The third-order valence-corrected chi connectivity index (χ3v) is 3.45. The highest BCUT2D eigenvalue weighted by Crippen LogP contribution is 2.23. The van der Waals surface area contributed by atoms with Crippen molar-refractivity contribution >= 4 is 23.5 Å². The first-order valence-electron chi connectivity index (χ1n) is 5.80. The summed E-state index contributed by atoms with van der Waals surface area (Å²) in [5.41, 5.74) is 1.29. The smallest absolute Gasteiger partial charge is 0.326 e. The van der Waals surface area contributed by atoms with E-state index in [2.05, 4.69) is 0 Å². The van der Waals surface area contributed by atoms with E-state index in [1.165, 1.54) is 4.90 Å². The van der Waals surface area contributed by atoms with Gasteiger partial charge < -0.3 is 10.0 Å². The highest BCUT2D eigenvalue weighted by molar-refractivity contribution is 6.30. The Hall–Kier alpha value is -1.55. The van der Waals surface area contributed by atoms with E-state index < -0.39 is 12.0 Å². The number of amides is 1. The summed E-state index contributed by atoms with van der Waals surface area (Å²) < 4.78 is 0. The maximum atomic E-state index is 12.3. The van der Waals surface area contributed by atoms with Crippen LogP contribution in [0.2, 0.25) is 5.02 Å². The normalized spacial score (nSPS) is 19.0. The van der Waals surface area contributed by atoms with Crippen molar-refractivity contribution in [1.82, 2.24) is 4.90 Å². The molecule has 18 heavy (non-hydrogen) atoms. The maximum Gasteiger partial charge on any atom is 0.326 e.